The normalized spacial score (nSPS) is 11.0. The Hall–Kier alpha value is -4.12. The molecule has 10 nitrogen and oxygen atoms in total. The fourth-order valence-electron chi connectivity index (χ4n) is 3.25. The predicted molar refractivity (Wildman–Crippen MR) is 138 cm³/mol. The van der Waals surface area contributed by atoms with Crippen LogP contribution >= 0.6 is 11.3 Å². The van der Waals surface area contributed by atoms with Gasteiger partial charge in [0.1, 0.15) is 23.0 Å². The highest BCUT2D eigenvalue weighted by atomic mass is 32.1. The average Bonchev–Trinajstić information content (AvgIpc) is 3.21. The monoisotopic (exact) mass is 511 g/mol. The Kier molecular flexibility index (Phi) is 8.49. The Morgan fingerprint density at radius 3 is 2.50 bits per heavy atom. The third-order valence-electron chi connectivity index (χ3n) is 4.75. The number of amides is 4. The van der Waals surface area contributed by atoms with Crippen LogP contribution in [0.3, 0.4) is 0 Å². The topological polar surface area (TPSA) is 150 Å². The second-order valence-corrected chi connectivity index (χ2v) is 9.87. The third kappa shape index (κ3) is 7.44. The number of nitrogens with one attached hydrogen (secondary N) is 1. The van der Waals surface area contributed by atoms with E-state index in [1.54, 1.807) is 35.5 Å². The highest BCUT2D eigenvalue weighted by Crippen LogP contribution is 2.39. The maximum absolute atomic E-state index is 12.8. The molecule has 0 saturated carbocycles. The van der Waals surface area contributed by atoms with Crippen LogP contribution in [0.1, 0.15) is 36.7 Å². The lowest BCUT2D eigenvalue weighted by Crippen LogP contribution is -2.38. The van der Waals surface area contributed by atoms with Gasteiger partial charge in [0.15, 0.2) is 0 Å². The number of urea groups is 1. The molecule has 0 aliphatic rings. The molecule has 0 bridgehead atoms. The van der Waals surface area contributed by atoms with Crippen LogP contribution in [0, 0.1) is 0 Å². The van der Waals surface area contributed by atoms with Crippen molar-refractivity contribution in [1.82, 2.24) is 9.88 Å². The highest BCUT2D eigenvalue weighted by Gasteiger charge is 2.23. The quantitative estimate of drug-likeness (QED) is 0.391. The number of benzene rings is 1. The summed E-state index contributed by atoms with van der Waals surface area (Å²) in [6.07, 6.45) is 2.90. The number of nitrogens with two attached hydrogens (primary N) is 2. The minimum Gasteiger partial charge on any atom is -0.491 e. The summed E-state index contributed by atoms with van der Waals surface area (Å²) in [4.78, 5) is 42.3. The number of ether oxygens (including phenoxy) is 2. The lowest BCUT2D eigenvalue weighted by Gasteiger charge is -2.27. The van der Waals surface area contributed by atoms with Crippen LogP contribution in [0.2, 0.25) is 0 Å². The first-order valence-electron chi connectivity index (χ1n) is 11.1. The Morgan fingerprint density at radius 2 is 1.86 bits per heavy atom. The fraction of sp³-hybridized carbons (Fsp3) is 0.280. The molecule has 3 rings (SSSR count). The van der Waals surface area contributed by atoms with Gasteiger partial charge in [-0.2, -0.15) is 0 Å². The minimum absolute atomic E-state index is 0.149. The van der Waals surface area contributed by atoms with E-state index in [1.165, 1.54) is 0 Å². The number of nitrogens with zero attached hydrogens (tertiary/aromatic N) is 2. The van der Waals surface area contributed by atoms with Crippen molar-refractivity contribution in [2.75, 3.05) is 18.5 Å². The molecule has 0 saturated heterocycles. The molecule has 0 aliphatic heterocycles. The van der Waals surface area contributed by atoms with Gasteiger partial charge in [-0.1, -0.05) is 18.2 Å². The molecule has 4 amide bonds. The van der Waals surface area contributed by atoms with Crippen LogP contribution in [-0.2, 0) is 11.3 Å². The fourth-order valence-corrected chi connectivity index (χ4v) is 4.34. The molecule has 36 heavy (non-hydrogen) atoms. The standard InChI is InChI=1S/C25H29N5O5S/c1-25(2,3)35-24(33)30(15-16-7-6-10-28-14-16)11-12-34-19-9-5-4-8-17(19)20-13-18(21(26)31)22(36-20)29-23(27)32/h4-10,13-14H,11-12,15H2,1-3H3,(H2,26,31)(H3,27,29,32). The first-order valence-corrected chi connectivity index (χ1v) is 11.9. The SMILES string of the molecule is CC(C)(C)OC(=O)N(CCOc1ccccc1-c1cc(C(N)=O)c(NC(N)=O)s1)Cc1cccnc1. The van der Waals surface area contributed by atoms with Crippen molar-refractivity contribution in [3.05, 3.63) is 66.0 Å². The number of primary amides is 2. The molecule has 5 N–H and O–H groups in total. The molecular formula is C25H29N5O5S. The van der Waals surface area contributed by atoms with E-state index >= 15 is 0 Å². The van der Waals surface area contributed by atoms with Gasteiger partial charge in [0.05, 0.1) is 18.7 Å². The van der Waals surface area contributed by atoms with Gasteiger partial charge in [0, 0.05) is 22.8 Å². The zero-order chi connectivity index (χ0) is 26.3. The van der Waals surface area contributed by atoms with Crippen molar-refractivity contribution in [2.24, 2.45) is 11.5 Å². The molecule has 2 aromatic heterocycles. The van der Waals surface area contributed by atoms with E-state index in [4.69, 9.17) is 20.9 Å². The molecule has 0 spiro atoms. The van der Waals surface area contributed by atoms with E-state index in [-0.39, 0.29) is 23.7 Å². The second kappa shape index (κ2) is 11.5. The number of rotatable bonds is 9. The molecule has 0 unspecified atom stereocenters. The molecule has 190 valence electrons. The summed E-state index contributed by atoms with van der Waals surface area (Å²) in [5.41, 5.74) is 11.7. The number of anilines is 1. The number of hydrogen-bond donors (Lipinski definition) is 3. The van der Waals surface area contributed by atoms with Crippen LogP contribution in [0.15, 0.2) is 54.9 Å². The van der Waals surface area contributed by atoms with Crippen LogP contribution in [0.25, 0.3) is 10.4 Å². The van der Waals surface area contributed by atoms with Crippen molar-refractivity contribution in [1.29, 1.82) is 0 Å². The van der Waals surface area contributed by atoms with Gasteiger partial charge in [0.2, 0.25) is 0 Å². The van der Waals surface area contributed by atoms with Gasteiger partial charge in [0.25, 0.3) is 5.91 Å². The number of carbonyl (C=O) groups excluding carboxylic acids is 3. The Bertz CT molecular complexity index is 1220. The summed E-state index contributed by atoms with van der Waals surface area (Å²) in [6, 6.07) is 11.7. The summed E-state index contributed by atoms with van der Waals surface area (Å²) in [5, 5.41) is 2.69. The lowest BCUT2D eigenvalue weighted by molar-refractivity contribution is 0.0209. The smallest absolute Gasteiger partial charge is 0.410 e. The van der Waals surface area contributed by atoms with Crippen LogP contribution in [0.5, 0.6) is 5.75 Å². The van der Waals surface area contributed by atoms with Gasteiger partial charge in [-0.15, -0.1) is 11.3 Å². The molecule has 1 aromatic carbocycles. The summed E-state index contributed by atoms with van der Waals surface area (Å²) in [6.45, 7) is 6.16. The number of carbonyl (C=O) groups is 3. The van der Waals surface area contributed by atoms with E-state index < -0.39 is 23.6 Å². The van der Waals surface area contributed by atoms with Gasteiger partial charge < -0.3 is 25.8 Å². The molecule has 11 heteroatoms. The predicted octanol–water partition coefficient (Wildman–Crippen LogP) is 4.22. The molecule has 0 radical (unpaired) electrons. The molecule has 0 fully saturated rings. The Morgan fingerprint density at radius 1 is 1.11 bits per heavy atom. The highest BCUT2D eigenvalue weighted by molar-refractivity contribution is 7.20. The van der Waals surface area contributed by atoms with Crippen molar-refractivity contribution >= 4 is 34.4 Å². The maximum Gasteiger partial charge on any atom is 0.410 e. The van der Waals surface area contributed by atoms with Gasteiger partial charge in [-0.25, -0.2) is 9.59 Å². The zero-order valence-corrected chi connectivity index (χ0v) is 21.1. The van der Waals surface area contributed by atoms with E-state index in [2.05, 4.69) is 10.3 Å². The molecular weight excluding hydrogens is 482 g/mol. The van der Waals surface area contributed by atoms with Crippen LogP contribution < -0.4 is 21.5 Å². The molecule has 2 heterocycles. The van der Waals surface area contributed by atoms with Crippen LogP contribution in [-0.4, -0.2) is 46.7 Å². The maximum atomic E-state index is 12.8. The Labute approximate surface area is 213 Å². The molecule has 0 aliphatic carbocycles. The third-order valence-corrected chi connectivity index (χ3v) is 5.84. The van der Waals surface area contributed by atoms with E-state index in [9.17, 15) is 14.4 Å². The summed E-state index contributed by atoms with van der Waals surface area (Å²) < 4.78 is 11.6. The van der Waals surface area contributed by atoms with Gasteiger partial charge >= 0.3 is 12.1 Å². The minimum atomic E-state index is -0.800. The van der Waals surface area contributed by atoms with E-state index in [0.29, 0.717) is 22.7 Å². The summed E-state index contributed by atoms with van der Waals surface area (Å²) in [7, 11) is 0. The van der Waals surface area contributed by atoms with Crippen LogP contribution in [0.4, 0.5) is 14.6 Å². The van der Waals surface area contributed by atoms with E-state index in [1.807, 2.05) is 45.0 Å². The summed E-state index contributed by atoms with van der Waals surface area (Å²) >= 11 is 1.15. The Balaban J connectivity index is 1.78. The zero-order valence-electron chi connectivity index (χ0n) is 20.3. The van der Waals surface area contributed by atoms with E-state index in [0.717, 1.165) is 16.9 Å². The molecule has 0 atom stereocenters. The van der Waals surface area contributed by atoms with Gasteiger partial charge in [-0.3, -0.25) is 15.1 Å². The van der Waals surface area contributed by atoms with Crippen molar-refractivity contribution in [3.63, 3.8) is 0 Å². The van der Waals surface area contributed by atoms with Gasteiger partial charge in [-0.05, 0) is 50.6 Å². The van der Waals surface area contributed by atoms with Crippen molar-refractivity contribution in [3.8, 4) is 16.2 Å². The number of hydrogen-bond acceptors (Lipinski definition) is 7. The number of para-hydroxylation sites is 1. The largest absolute Gasteiger partial charge is 0.491 e. The van der Waals surface area contributed by atoms with Crippen molar-refractivity contribution < 1.29 is 23.9 Å². The lowest BCUT2D eigenvalue weighted by atomic mass is 10.1. The summed E-state index contributed by atoms with van der Waals surface area (Å²) in [5.74, 6) is -0.158. The molecule has 3 aromatic rings. The average molecular weight is 512 g/mol. The number of thiophene rings is 1. The number of pyridine rings is 1. The number of aromatic nitrogens is 1. The first-order chi connectivity index (χ1) is 17.0. The first kappa shape index (κ1) is 26.5. The second-order valence-electron chi connectivity index (χ2n) is 8.81. The van der Waals surface area contributed by atoms with Crippen molar-refractivity contribution in [2.45, 2.75) is 32.9 Å².